The monoisotopic (exact) mass is 226 g/mol. The van der Waals surface area contributed by atoms with Gasteiger partial charge < -0.3 is 19.3 Å². The molecule has 0 bridgehead atoms. The van der Waals surface area contributed by atoms with Crippen molar-refractivity contribution < 1.29 is 9.53 Å². The minimum absolute atomic E-state index is 0.297. The summed E-state index contributed by atoms with van der Waals surface area (Å²) in [6.45, 7) is 6.05. The van der Waals surface area contributed by atoms with E-state index in [0.717, 1.165) is 58.5 Å². The number of hydrogen-bond donors (Lipinski definition) is 0. The van der Waals surface area contributed by atoms with Crippen LogP contribution in [0.25, 0.3) is 0 Å². The van der Waals surface area contributed by atoms with Gasteiger partial charge in [0.05, 0.1) is 12.7 Å². The first-order chi connectivity index (χ1) is 7.78. The van der Waals surface area contributed by atoms with Gasteiger partial charge in [-0.2, -0.15) is 0 Å². The van der Waals surface area contributed by atoms with Gasteiger partial charge in [0, 0.05) is 25.6 Å². The minimum Gasteiger partial charge on any atom is -0.374 e. The van der Waals surface area contributed by atoms with E-state index in [9.17, 15) is 4.79 Å². The minimum atomic E-state index is 0.297. The zero-order valence-electron chi connectivity index (χ0n) is 10.1. The van der Waals surface area contributed by atoms with Gasteiger partial charge in [-0.05, 0) is 33.0 Å². The normalized spacial score (nSPS) is 30.4. The SMILES string of the molecule is CN1CCOC(CN2CCC(C=O)CC2)C1. The highest BCUT2D eigenvalue weighted by Gasteiger charge is 2.24. The molecule has 0 amide bonds. The number of ether oxygens (including phenoxy) is 1. The summed E-state index contributed by atoms with van der Waals surface area (Å²) in [6.07, 6.45) is 3.51. The Hall–Kier alpha value is -0.450. The van der Waals surface area contributed by atoms with Crippen LogP contribution in [-0.2, 0) is 9.53 Å². The Kier molecular flexibility index (Phi) is 4.32. The predicted molar refractivity (Wildman–Crippen MR) is 62.5 cm³/mol. The second-order valence-electron chi connectivity index (χ2n) is 5.03. The lowest BCUT2D eigenvalue weighted by Gasteiger charge is -2.36. The van der Waals surface area contributed by atoms with Gasteiger partial charge in [-0.1, -0.05) is 0 Å². The van der Waals surface area contributed by atoms with Crippen molar-refractivity contribution in [2.75, 3.05) is 46.4 Å². The summed E-state index contributed by atoms with van der Waals surface area (Å²) in [5.41, 5.74) is 0. The van der Waals surface area contributed by atoms with Crippen molar-refractivity contribution in [1.29, 1.82) is 0 Å². The summed E-state index contributed by atoms with van der Waals surface area (Å²) >= 11 is 0. The van der Waals surface area contributed by atoms with E-state index >= 15 is 0 Å². The van der Waals surface area contributed by atoms with E-state index in [4.69, 9.17) is 4.74 Å². The van der Waals surface area contributed by atoms with Crippen molar-refractivity contribution in [1.82, 2.24) is 9.80 Å². The molecular formula is C12H22N2O2. The molecule has 0 aromatic heterocycles. The highest BCUT2D eigenvalue weighted by Crippen LogP contribution is 2.16. The lowest BCUT2D eigenvalue weighted by molar-refractivity contribution is -0.112. The maximum atomic E-state index is 10.6. The van der Waals surface area contributed by atoms with Gasteiger partial charge in [0.1, 0.15) is 6.29 Å². The molecule has 2 heterocycles. The van der Waals surface area contributed by atoms with Crippen LogP contribution in [-0.4, -0.2) is 68.6 Å². The third-order valence-electron chi connectivity index (χ3n) is 3.63. The summed E-state index contributed by atoms with van der Waals surface area (Å²) in [6, 6.07) is 0. The van der Waals surface area contributed by atoms with Crippen molar-refractivity contribution in [2.24, 2.45) is 5.92 Å². The molecule has 0 aliphatic carbocycles. The number of carbonyl (C=O) groups excluding carboxylic acids is 1. The highest BCUT2D eigenvalue weighted by molar-refractivity contribution is 5.53. The summed E-state index contributed by atoms with van der Waals surface area (Å²) < 4.78 is 5.75. The molecule has 0 spiro atoms. The number of carbonyl (C=O) groups is 1. The van der Waals surface area contributed by atoms with Crippen molar-refractivity contribution >= 4 is 6.29 Å². The Balaban J connectivity index is 1.71. The Morgan fingerprint density at radius 2 is 2.06 bits per heavy atom. The number of likely N-dealkylation sites (N-methyl/N-ethyl adjacent to an activating group) is 1. The fourth-order valence-corrected chi connectivity index (χ4v) is 2.54. The molecule has 0 N–H and O–H groups in total. The number of hydrogen-bond acceptors (Lipinski definition) is 4. The van der Waals surface area contributed by atoms with Crippen LogP contribution in [0.15, 0.2) is 0 Å². The first kappa shape index (κ1) is 12.0. The van der Waals surface area contributed by atoms with Crippen LogP contribution < -0.4 is 0 Å². The molecule has 2 aliphatic rings. The average Bonchev–Trinajstić information content (AvgIpc) is 2.30. The molecule has 2 rings (SSSR count). The van der Waals surface area contributed by atoms with Gasteiger partial charge in [0.2, 0.25) is 0 Å². The zero-order chi connectivity index (χ0) is 11.4. The number of piperidine rings is 1. The topological polar surface area (TPSA) is 32.8 Å². The molecule has 1 unspecified atom stereocenters. The summed E-state index contributed by atoms with van der Waals surface area (Å²) in [5.74, 6) is 0.297. The molecule has 0 radical (unpaired) electrons. The first-order valence-corrected chi connectivity index (χ1v) is 6.25. The molecule has 0 saturated carbocycles. The number of morpholine rings is 1. The van der Waals surface area contributed by atoms with Gasteiger partial charge in [0.25, 0.3) is 0 Å². The number of rotatable bonds is 3. The van der Waals surface area contributed by atoms with Crippen molar-refractivity contribution in [3.05, 3.63) is 0 Å². The van der Waals surface area contributed by atoms with Crippen molar-refractivity contribution in [3.63, 3.8) is 0 Å². The molecular weight excluding hydrogens is 204 g/mol. The smallest absolute Gasteiger partial charge is 0.123 e. The molecule has 2 saturated heterocycles. The Bertz CT molecular complexity index is 227. The van der Waals surface area contributed by atoms with Crippen LogP contribution in [0.5, 0.6) is 0 Å². The van der Waals surface area contributed by atoms with Crippen molar-refractivity contribution in [2.45, 2.75) is 18.9 Å². The van der Waals surface area contributed by atoms with E-state index in [1.807, 2.05) is 0 Å². The van der Waals surface area contributed by atoms with Crippen molar-refractivity contribution in [3.8, 4) is 0 Å². The van der Waals surface area contributed by atoms with E-state index in [2.05, 4.69) is 16.8 Å². The Labute approximate surface area is 97.5 Å². The fourth-order valence-electron chi connectivity index (χ4n) is 2.54. The number of likely N-dealkylation sites (tertiary alicyclic amines) is 1. The number of aldehydes is 1. The summed E-state index contributed by atoms with van der Waals surface area (Å²) in [7, 11) is 2.15. The molecule has 2 fully saturated rings. The summed E-state index contributed by atoms with van der Waals surface area (Å²) in [5, 5.41) is 0. The van der Waals surface area contributed by atoms with E-state index in [0.29, 0.717) is 12.0 Å². The van der Waals surface area contributed by atoms with Gasteiger partial charge in [-0.25, -0.2) is 0 Å². The molecule has 4 heteroatoms. The van der Waals surface area contributed by atoms with Crippen LogP contribution in [0.1, 0.15) is 12.8 Å². The second-order valence-corrected chi connectivity index (χ2v) is 5.03. The van der Waals surface area contributed by atoms with E-state index in [1.54, 1.807) is 0 Å². The number of nitrogens with zero attached hydrogens (tertiary/aromatic N) is 2. The summed E-state index contributed by atoms with van der Waals surface area (Å²) in [4.78, 5) is 15.4. The standard InChI is InChI=1S/C12H22N2O2/c1-13-6-7-16-12(8-13)9-14-4-2-11(10-15)3-5-14/h10-12H,2-9H2,1H3. The van der Waals surface area contributed by atoms with Gasteiger partial charge in [0.15, 0.2) is 0 Å². The van der Waals surface area contributed by atoms with Gasteiger partial charge in [-0.15, -0.1) is 0 Å². The van der Waals surface area contributed by atoms with Crippen LogP contribution in [0, 0.1) is 5.92 Å². The van der Waals surface area contributed by atoms with Gasteiger partial charge in [-0.3, -0.25) is 0 Å². The third kappa shape index (κ3) is 3.27. The average molecular weight is 226 g/mol. The maximum Gasteiger partial charge on any atom is 0.123 e. The predicted octanol–water partition coefficient (Wildman–Crippen LogP) is 0.228. The van der Waals surface area contributed by atoms with Crippen LogP contribution in [0.3, 0.4) is 0 Å². The van der Waals surface area contributed by atoms with Gasteiger partial charge >= 0.3 is 0 Å². The van der Waals surface area contributed by atoms with Crippen LogP contribution >= 0.6 is 0 Å². The molecule has 92 valence electrons. The maximum absolute atomic E-state index is 10.6. The van der Waals surface area contributed by atoms with E-state index in [-0.39, 0.29) is 0 Å². The molecule has 1 atom stereocenters. The molecule has 16 heavy (non-hydrogen) atoms. The van der Waals surface area contributed by atoms with E-state index < -0.39 is 0 Å². The zero-order valence-corrected chi connectivity index (χ0v) is 10.1. The lowest BCUT2D eigenvalue weighted by atomic mass is 9.98. The van der Waals surface area contributed by atoms with Crippen LogP contribution in [0.2, 0.25) is 0 Å². The Morgan fingerprint density at radius 3 is 2.69 bits per heavy atom. The largest absolute Gasteiger partial charge is 0.374 e. The van der Waals surface area contributed by atoms with E-state index in [1.165, 1.54) is 0 Å². The fraction of sp³-hybridized carbons (Fsp3) is 0.917. The highest BCUT2D eigenvalue weighted by atomic mass is 16.5. The lowest BCUT2D eigenvalue weighted by Crippen LogP contribution is -2.47. The molecule has 0 aromatic carbocycles. The quantitative estimate of drug-likeness (QED) is 0.645. The molecule has 4 nitrogen and oxygen atoms in total. The molecule has 2 aliphatic heterocycles. The second kappa shape index (κ2) is 5.75. The first-order valence-electron chi connectivity index (χ1n) is 6.25. The Morgan fingerprint density at radius 1 is 1.31 bits per heavy atom. The molecule has 0 aromatic rings. The van der Waals surface area contributed by atoms with Crippen LogP contribution in [0.4, 0.5) is 0 Å². The third-order valence-corrected chi connectivity index (χ3v) is 3.63.